The van der Waals surface area contributed by atoms with E-state index in [1.54, 1.807) is 24.3 Å². The number of thiophene rings is 1. The molecule has 148 valence electrons. The highest BCUT2D eigenvalue weighted by molar-refractivity contribution is 7.10. The summed E-state index contributed by atoms with van der Waals surface area (Å²) >= 11 is 7.71. The van der Waals surface area contributed by atoms with Gasteiger partial charge in [0.15, 0.2) is 0 Å². The fourth-order valence-electron chi connectivity index (χ4n) is 3.59. The van der Waals surface area contributed by atoms with Gasteiger partial charge >= 0.3 is 0 Å². The lowest BCUT2D eigenvalue weighted by Gasteiger charge is -2.37. The molecule has 0 aliphatic carbocycles. The summed E-state index contributed by atoms with van der Waals surface area (Å²) < 4.78 is 0. The number of rotatable bonds is 6. The topological polar surface area (TPSA) is 40.6 Å². The van der Waals surface area contributed by atoms with E-state index in [4.69, 9.17) is 11.6 Å². The molecule has 2 heterocycles. The first kappa shape index (κ1) is 20.6. The third kappa shape index (κ3) is 4.31. The second kappa shape index (κ2) is 8.93. The zero-order valence-corrected chi connectivity index (χ0v) is 17.8. The summed E-state index contributed by atoms with van der Waals surface area (Å²) in [5.74, 6) is -0.329. The second-order valence-corrected chi connectivity index (χ2v) is 8.73. The minimum absolute atomic E-state index is 0.00372. The van der Waals surface area contributed by atoms with E-state index in [2.05, 4.69) is 49.2 Å². The molecule has 3 rings (SSSR count). The van der Waals surface area contributed by atoms with E-state index in [9.17, 15) is 9.59 Å². The van der Waals surface area contributed by atoms with Crippen LogP contribution in [0.3, 0.4) is 0 Å². The Bertz CT molecular complexity index is 860. The van der Waals surface area contributed by atoms with Crippen molar-refractivity contribution >= 4 is 34.8 Å². The predicted octanol–water partition coefficient (Wildman–Crippen LogP) is 4.17. The lowest BCUT2D eigenvalue weighted by molar-refractivity contribution is -0.141. The fraction of sp³-hybridized carbons (Fsp3) is 0.364. The minimum atomic E-state index is -0.675. The van der Waals surface area contributed by atoms with Gasteiger partial charge in [-0.1, -0.05) is 35.9 Å². The number of amides is 2. The Hall–Kier alpha value is -2.11. The van der Waals surface area contributed by atoms with Gasteiger partial charge in [-0.05, 0) is 42.8 Å². The SMILES string of the molecule is C=CCN(CC(=O)N1CCc2sccc2[C@@H]1c1ccc(C)cc1)C(=O)[C@H](C)Cl. The van der Waals surface area contributed by atoms with Crippen LogP contribution in [0.25, 0.3) is 0 Å². The molecule has 0 N–H and O–H groups in total. The van der Waals surface area contributed by atoms with E-state index in [-0.39, 0.29) is 24.4 Å². The van der Waals surface area contributed by atoms with Crippen molar-refractivity contribution in [1.82, 2.24) is 9.80 Å². The number of fused-ring (bicyclic) bond motifs is 1. The molecule has 2 amide bonds. The number of hydrogen-bond donors (Lipinski definition) is 0. The third-order valence-electron chi connectivity index (χ3n) is 5.01. The monoisotopic (exact) mass is 416 g/mol. The van der Waals surface area contributed by atoms with Crippen LogP contribution >= 0.6 is 22.9 Å². The minimum Gasteiger partial charge on any atom is -0.330 e. The van der Waals surface area contributed by atoms with Crippen LogP contribution < -0.4 is 0 Å². The maximum atomic E-state index is 13.3. The first-order chi connectivity index (χ1) is 13.4. The van der Waals surface area contributed by atoms with Gasteiger partial charge in [0.25, 0.3) is 0 Å². The van der Waals surface area contributed by atoms with E-state index in [1.807, 2.05) is 4.90 Å². The largest absolute Gasteiger partial charge is 0.330 e. The van der Waals surface area contributed by atoms with E-state index in [1.165, 1.54) is 20.9 Å². The van der Waals surface area contributed by atoms with Crippen LogP contribution in [0.15, 0.2) is 48.4 Å². The van der Waals surface area contributed by atoms with Crippen LogP contribution in [0.2, 0.25) is 0 Å². The number of benzene rings is 1. The van der Waals surface area contributed by atoms with Gasteiger partial charge in [0.05, 0.1) is 6.04 Å². The summed E-state index contributed by atoms with van der Waals surface area (Å²) in [6, 6.07) is 10.3. The number of nitrogens with zero attached hydrogens (tertiary/aromatic N) is 2. The lowest BCUT2D eigenvalue weighted by atomic mass is 9.92. The molecule has 1 aliphatic rings. The maximum Gasteiger partial charge on any atom is 0.243 e. The molecule has 0 saturated heterocycles. The Morgan fingerprint density at radius 2 is 2.07 bits per heavy atom. The van der Waals surface area contributed by atoms with Crippen LogP contribution in [0.5, 0.6) is 0 Å². The zero-order chi connectivity index (χ0) is 20.3. The molecule has 28 heavy (non-hydrogen) atoms. The second-order valence-electron chi connectivity index (χ2n) is 7.07. The predicted molar refractivity (Wildman–Crippen MR) is 115 cm³/mol. The van der Waals surface area contributed by atoms with Gasteiger partial charge in [0, 0.05) is 18.0 Å². The molecule has 0 fully saturated rings. The van der Waals surface area contributed by atoms with Crippen molar-refractivity contribution in [2.75, 3.05) is 19.6 Å². The molecular formula is C22H25ClN2O2S. The molecule has 0 bridgehead atoms. The molecular weight excluding hydrogens is 392 g/mol. The Labute approximate surface area is 175 Å². The van der Waals surface area contributed by atoms with Gasteiger partial charge in [-0.25, -0.2) is 0 Å². The van der Waals surface area contributed by atoms with Crippen molar-refractivity contribution in [1.29, 1.82) is 0 Å². The van der Waals surface area contributed by atoms with E-state index >= 15 is 0 Å². The van der Waals surface area contributed by atoms with Crippen LogP contribution in [-0.2, 0) is 16.0 Å². The Morgan fingerprint density at radius 3 is 2.71 bits per heavy atom. The van der Waals surface area contributed by atoms with Crippen molar-refractivity contribution in [3.8, 4) is 0 Å². The van der Waals surface area contributed by atoms with Crippen LogP contribution in [0.1, 0.15) is 34.5 Å². The number of halogens is 1. The number of alkyl halides is 1. The summed E-state index contributed by atoms with van der Waals surface area (Å²) in [5.41, 5.74) is 3.45. The Morgan fingerprint density at radius 1 is 1.36 bits per heavy atom. The number of aryl methyl sites for hydroxylation is 1. The van der Waals surface area contributed by atoms with Crippen molar-refractivity contribution < 1.29 is 9.59 Å². The average Bonchev–Trinajstić information content (AvgIpc) is 3.15. The van der Waals surface area contributed by atoms with Gasteiger partial charge < -0.3 is 9.80 Å². The van der Waals surface area contributed by atoms with Gasteiger partial charge in [0.2, 0.25) is 11.8 Å². The Balaban J connectivity index is 1.90. The first-order valence-electron chi connectivity index (χ1n) is 9.38. The molecule has 6 heteroatoms. The van der Waals surface area contributed by atoms with E-state index < -0.39 is 5.38 Å². The van der Waals surface area contributed by atoms with Gasteiger partial charge in [-0.3, -0.25) is 9.59 Å². The number of hydrogen-bond acceptors (Lipinski definition) is 3. The molecule has 2 aromatic rings. The van der Waals surface area contributed by atoms with Gasteiger partial charge in [0.1, 0.15) is 11.9 Å². The summed E-state index contributed by atoms with van der Waals surface area (Å²) in [7, 11) is 0. The molecule has 0 saturated carbocycles. The van der Waals surface area contributed by atoms with E-state index in [0.29, 0.717) is 13.1 Å². The summed E-state index contributed by atoms with van der Waals surface area (Å²) in [6.45, 7) is 8.31. The standard InChI is InChI=1S/C22H25ClN2O2S/c1-4-11-24(22(27)16(3)23)14-20(26)25-12-9-19-18(10-13-28-19)21(25)17-7-5-15(2)6-8-17/h4-8,10,13,16,21H,1,9,11-12,14H2,2-3H3/t16-,21-/m0/s1. The van der Waals surface area contributed by atoms with Gasteiger partial charge in [-0.2, -0.15) is 0 Å². The van der Waals surface area contributed by atoms with Crippen molar-refractivity contribution in [3.05, 3.63) is 69.9 Å². The van der Waals surface area contributed by atoms with Gasteiger partial charge in [-0.15, -0.1) is 29.5 Å². The molecule has 0 unspecified atom stereocenters. The smallest absolute Gasteiger partial charge is 0.243 e. The molecule has 1 aliphatic heterocycles. The highest BCUT2D eigenvalue weighted by atomic mass is 35.5. The summed E-state index contributed by atoms with van der Waals surface area (Å²) in [5, 5.41) is 1.41. The van der Waals surface area contributed by atoms with Crippen LogP contribution in [0, 0.1) is 6.92 Å². The quantitative estimate of drug-likeness (QED) is 0.523. The average molecular weight is 417 g/mol. The molecule has 2 atom stereocenters. The highest BCUT2D eigenvalue weighted by Crippen LogP contribution is 2.37. The molecule has 1 aromatic carbocycles. The fourth-order valence-corrected chi connectivity index (χ4v) is 4.63. The van der Waals surface area contributed by atoms with Crippen LogP contribution in [-0.4, -0.2) is 46.6 Å². The first-order valence-corrected chi connectivity index (χ1v) is 10.7. The van der Waals surface area contributed by atoms with Crippen molar-refractivity contribution in [2.24, 2.45) is 0 Å². The van der Waals surface area contributed by atoms with Crippen molar-refractivity contribution in [2.45, 2.75) is 31.7 Å². The Kier molecular flexibility index (Phi) is 6.57. The summed E-state index contributed by atoms with van der Waals surface area (Å²) in [4.78, 5) is 30.3. The zero-order valence-electron chi connectivity index (χ0n) is 16.2. The molecule has 1 aromatic heterocycles. The molecule has 4 nitrogen and oxygen atoms in total. The number of carbonyl (C=O) groups is 2. The maximum absolute atomic E-state index is 13.3. The van der Waals surface area contributed by atoms with E-state index in [0.717, 1.165) is 12.0 Å². The van der Waals surface area contributed by atoms with Crippen molar-refractivity contribution in [3.63, 3.8) is 0 Å². The summed E-state index contributed by atoms with van der Waals surface area (Å²) in [6.07, 6.45) is 2.46. The number of carbonyl (C=O) groups excluding carboxylic acids is 2. The highest BCUT2D eigenvalue weighted by Gasteiger charge is 2.34. The van der Waals surface area contributed by atoms with Crippen LogP contribution in [0.4, 0.5) is 0 Å². The molecule has 0 spiro atoms. The third-order valence-corrected chi connectivity index (χ3v) is 6.19. The normalized spacial score (nSPS) is 17.0. The molecule has 0 radical (unpaired) electrons. The lowest BCUT2D eigenvalue weighted by Crippen LogP contribution is -2.48.